The molecule has 1 aliphatic rings. The quantitative estimate of drug-likeness (QED) is 0.870. The molecule has 0 aromatic carbocycles. The SMILES string of the molecule is CCNC(=O)CN1CCN(Cc2csc(-c3ccco3)n2)CC1. The van der Waals surface area contributed by atoms with Crippen LogP contribution in [0, 0.1) is 0 Å². The highest BCUT2D eigenvalue weighted by Crippen LogP contribution is 2.24. The Hall–Kier alpha value is -1.70. The second kappa shape index (κ2) is 7.72. The van der Waals surface area contributed by atoms with Gasteiger partial charge in [-0.25, -0.2) is 4.98 Å². The molecule has 1 fully saturated rings. The van der Waals surface area contributed by atoms with E-state index in [1.807, 2.05) is 19.1 Å². The predicted molar refractivity (Wildman–Crippen MR) is 90.2 cm³/mol. The molecule has 0 saturated carbocycles. The number of amides is 1. The van der Waals surface area contributed by atoms with Gasteiger partial charge in [-0.2, -0.15) is 0 Å². The van der Waals surface area contributed by atoms with Crippen LogP contribution in [0.2, 0.25) is 0 Å². The average molecular weight is 334 g/mol. The van der Waals surface area contributed by atoms with Crippen molar-refractivity contribution < 1.29 is 9.21 Å². The number of hydrogen-bond donors (Lipinski definition) is 1. The van der Waals surface area contributed by atoms with Gasteiger partial charge in [0.2, 0.25) is 5.91 Å². The lowest BCUT2D eigenvalue weighted by Crippen LogP contribution is -2.49. The molecule has 2 aromatic heterocycles. The molecule has 3 rings (SSSR count). The van der Waals surface area contributed by atoms with Crippen LogP contribution in [0.1, 0.15) is 12.6 Å². The zero-order valence-electron chi connectivity index (χ0n) is 13.3. The summed E-state index contributed by atoms with van der Waals surface area (Å²) in [6.45, 7) is 7.77. The van der Waals surface area contributed by atoms with Crippen LogP contribution < -0.4 is 5.32 Å². The van der Waals surface area contributed by atoms with Crippen molar-refractivity contribution in [2.45, 2.75) is 13.5 Å². The zero-order chi connectivity index (χ0) is 16.1. The van der Waals surface area contributed by atoms with E-state index in [0.29, 0.717) is 13.1 Å². The minimum Gasteiger partial charge on any atom is -0.462 e. The molecule has 1 amide bonds. The van der Waals surface area contributed by atoms with Gasteiger partial charge in [0.25, 0.3) is 0 Å². The Labute approximate surface area is 140 Å². The van der Waals surface area contributed by atoms with E-state index in [4.69, 9.17) is 4.42 Å². The Kier molecular flexibility index (Phi) is 5.43. The smallest absolute Gasteiger partial charge is 0.234 e. The van der Waals surface area contributed by atoms with Gasteiger partial charge in [0.05, 0.1) is 18.5 Å². The van der Waals surface area contributed by atoms with Crippen molar-refractivity contribution in [2.75, 3.05) is 39.3 Å². The molecule has 0 unspecified atom stereocenters. The molecule has 124 valence electrons. The van der Waals surface area contributed by atoms with Crippen molar-refractivity contribution in [2.24, 2.45) is 0 Å². The third-order valence-corrected chi connectivity index (χ3v) is 4.78. The Bertz CT molecular complexity index is 618. The van der Waals surface area contributed by atoms with Crippen molar-refractivity contribution in [3.05, 3.63) is 29.5 Å². The maximum Gasteiger partial charge on any atom is 0.234 e. The molecular weight excluding hydrogens is 312 g/mol. The monoisotopic (exact) mass is 334 g/mol. The van der Waals surface area contributed by atoms with E-state index in [1.165, 1.54) is 0 Å². The summed E-state index contributed by atoms with van der Waals surface area (Å²) >= 11 is 1.62. The maximum absolute atomic E-state index is 11.6. The van der Waals surface area contributed by atoms with Crippen LogP contribution >= 0.6 is 11.3 Å². The minimum atomic E-state index is 0.114. The Morgan fingerprint density at radius 3 is 2.83 bits per heavy atom. The Morgan fingerprint density at radius 2 is 2.13 bits per heavy atom. The van der Waals surface area contributed by atoms with Gasteiger partial charge in [0.15, 0.2) is 10.8 Å². The Balaban J connectivity index is 1.46. The number of rotatable bonds is 6. The van der Waals surface area contributed by atoms with Crippen molar-refractivity contribution in [1.29, 1.82) is 0 Å². The normalized spacial score (nSPS) is 16.6. The predicted octanol–water partition coefficient (Wildman–Crippen LogP) is 1.66. The maximum atomic E-state index is 11.6. The van der Waals surface area contributed by atoms with Crippen LogP contribution in [0.25, 0.3) is 10.8 Å². The van der Waals surface area contributed by atoms with Crippen molar-refractivity contribution >= 4 is 17.2 Å². The molecule has 0 bridgehead atoms. The lowest BCUT2D eigenvalue weighted by Gasteiger charge is -2.33. The van der Waals surface area contributed by atoms with E-state index in [9.17, 15) is 4.79 Å². The molecular formula is C16H22N4O2S. The largest absolute Gasteiger partial charge is 0.462 e. The lowest BCUT2D eigenvalue weighted by molar-refractivity contribution is -0.122. The number of thiazole rings is 1. The van der Waals surface area contributed by atoms with Crippen LogP contribution in [0.3, 0.4) is 0 Å². The zero-order valence-corrected chi connectivity index (χ0v) is 14.1. The first-order chi connectivity index (χ1) is 11.2. The van der Waals surface area contributed by atoms with E-state index in [-0.39, 0.29) is 5.91 Å². The topological polar surface area (TPSA) is 61.6 Å². The summed E-state index contributed by atoms with van der Waals surface area (Å²) in [5.74, 6) is 0.941. The van der Waals surface area contributed by atoms with Gasteiger partial charge >= 0.3 is 0 Å². The highest BCUT2D eigenvalue weighted by Gasteiger charge is 2.19. The number of likely N-dealkylation sites (N-methyl/N-ethyl adjacent to an activating group) is 1. The van der Waals surface area contributed by atoms with E-state index >= 15 is 0 Å². The van der Waals surface area contributed by atoms with E-state index in [1.54, 1.807) is 17.6 Å². The second-order valence-corrected chi connectivity index (χ2v) is 6.49. The molecule has 0 radical (unpaired) electrons. The number of nitrogens with one attached hydrogen (secondary N) is 1. The minimum absolute atomic E-state index is 0.114. The van der Waals surface area contributed by atoms with E-state index in [0.717, 1.165) is 49.2 Å². The summed E-state index contributed by atoms with van der Waals surface area (Å²) in [7, 11) is 0. The van der Waals surface area contributed by atoms with Gasteiger partial charge in [0.1, 0.15) is 0 Å². The number of piperazine rings is 1. The highest BCUT2D eigenvalue weighted by molar-refractivity contribution is 7.13. The molecule has 0 aliphatic carbocycles. The first-order valence-corrected chi connectivity index (χ1v) is 8.82. The number of aromatic nitrogens is 1. The molecule has 3 heterocycles. The van der Waals surface area contributed by atoms with Crippen LogP contribution in [-0.2, 0) is 11.3 Å². The Morgan fingerprint density at radius 1 is 1.35 bits per heavy atom. The number of carbonyl (C=O) groups excluding carboxylic acids is 1. The van der Waals surface area contributed by atoms with Gasteiger partial charge in [0, 0.05) is 44.6 Å². The second-order valence-electron chi connectivity index (χ2n) is 5.63. The summed E-state index contributed by atoms with van der Waals surface area (Å²) in [4.78, 5) is 20.8. The van der Waals surface area contributed by atoms with Crippen molar-refractivity contribution in [1.82, 2.24) is 20.1 Å². The van der Waals surface area contributed by atoms with Crippen LogP contribution in [0.5, 0.6) is 0 Å². The summed E-state index contributed by atoms with van der Waals surface area (Å²) in [5.41, 5.74) is 1.08. The lowest BCUT2D eigenvalue weighted by atomic mass is 10.3. The molecule has 0 atom stereocenters. The van der Waals surface area contributed by atoms with Crippen LogP contribution in [-0.4, -0.2) is 60.0 Å². The summed E-state index contributed by atoms with van der Waals surface area (Å²) in [6, 6.07) is 3.81. The molecule has 6 nitrogen and oxygen atoms in total. The van der Waals surface area contributed by atoms with Crippen LogP contribution in [0.15, 0.2) is 28.2 Å². The molecule has 23 heavy (non-hydrogen) atoms. The molecule has 2 aromatic rings. The molecule has 1 saturated heterocycles. The van der Waals surface area contributed by atoms with Gasteiger partial charge in [-0.15, -0.1) is 11.3 Å². The number of carbonyl (C=O) groups is 1. The molecule has 0 spiro atoms. The van der Waals surface area contributed by atoms with E-state index < -0.39 is 0 Å². The highest BCUT2D eigenvalue weighted by atomic mass is 32.1. The fraction of sp³-hybridized carbons (Fsp3) is 0.500. The summed E-state index contributed by atoms with van der Waals surface area (Å²) < 4.78 is 5.38. The average Bonchev–Trinajstić information content (AvgIpc) is 3.20. The molecule has 1 N–H and O–H groups in total. The van der Waals surface area contributed by atoms with Crippen molar-refractivity contribution in [3.8, 4) is 10.8 Å². The summed E-state index contributed by atoms with van der Waals surface area (Å²) in [5, 5.41) is 5.87. The van der Waals surface area contributed by atoms with E-state index in [2.05, 4.69) is 25.5 Å². The standard InChI is InChI=1S/C16H22N4O2S/c1-2-17-15(21)11-20-7-5-19(6-8-20)10-13-12-23-16(18-13)14-4-3-9-22-14/h3-4,9,12H,2,5-8,10-11H2,1H3,(H,17,21). The first-order valence-electron chi connectivity index (χ1n) is 7.94. The summed E-state index contributed by atoms with van der Waals surface area (Å²) in [6.07, 6.45) is 1.67. The van der Waals surface area contributed by atoms with Crippen molar-refractivity contribution in [3.63, 3.8) is 0 Å². The fourth-order valence-corrected chi connectivity index (χ4v) is 3.46. The first kappa shape index (κ1) is 16.2. The third kappa shape index (κ3) is 4.40. The van der Waals surface area contributed by atoms with Gasteiger partial charge < -0.3 is 9.73 Å². The van der Waals surface area contributed by atoms with Gasteiger partial charge in [-0.05, 0) is 19.1 Å². The number of furan rings is 1. The van der Waals surface area contributed by atoms with Gasteiger partial charge in [-0.3, -0.25) is 14.6 Å². The van der Waals surface area contributed by atoms with Gasteiger partial charge in [-0.1, -0.05) is 0 Å². The fourth-order valence-electron chi connectivity index (χ4n) is 2.68. The molecule has 1 aliphatic heterocycles. The number of nitrogens with zero attached hydrogens (tertiary/aromatic N) is 3. The number of hydrogen-bond acceptors (Lipinski definition) is 6. The van der Waals surface area contributed by atoms with Crippen LogP contribution in [0.4, 0.5) is 0 Å². The third-order valence-electron chi connectivity index (χ3n) is 3.88. The molecule has 7 heteroatoms.